The minimum Gasteiger partial charge on any atom is -0.493 e. The zero-order chi connectivity index (χ0) is 20.1. The average molecular weight is 382 g/mol. The minimum absolute atomic E-state index is 0.0574. The molecule has 0 saturated carbocycles. The van der Waals surface area contributed by atoms with Gasteiger partial charge in [-0.1, -0.05) is 18.2 Å². The van der Waals surface area contributed by atoms with Gasteiger partial charge in [-0.2, -0.15) is 0 Å². The second kappa shape index (κ2) is 8.43. The molecule has 0 saturated heterocycles. The van der Waals surface area contributed by atoms with Crippen molar-refractivity contribution in [3.63, 3.8) is 0 Å². The SMILES string of the molecule is COc1ccc(CC(=O)NNC(=O)Cc2nc3ccccc3n2C)cc1OC. The number of imidazole rings is 1. The smallest absolute Gasteiger partial charge is 0.245 e. The van der Waals surface area contributed by atoms with Gasteiger partial charge in [-0.05, 0) is 29.8 Å². The Morgan fingerprint density at radius 2 is 1.64 bits per heavy atom. The lowest BCUT2D eigenvalue weighted by Crippen LogP contribution is -2.43. The van der Waals surface area contributed by atoms with Crippen molar-refractivity contribution in [1.82, 2.24) is 20.4 Å². The predicted molar refractivity (Wildman–Crippen MR) is 104 cm³/mol. The number of ether oxygens (including phenoxy) is 2. The molecule has 8 nitrogen and oxygen atoms in total. The van der Waals surface area contributed by atoms with Gasteiger partial charge >= 0.3 is 0 Å². The molecule has 8 heteroatoms. The van der Waals surface area contributed by atoms with E-state index < -0.39 is 0 Å². The maximum Gasteiger partial charge on any atom is 0.245 e. The molecule has 3 aromatic rings. The molecule has 2 aromatic carbocycles. The third-order valence-electron chi connectivity index (χ3n) is 4.35. The highest BCUT2D eigenvalue weighted by molar-refractivity contribution is 5.85. The van der Waals surface area contributed by atoms with E-state index in [0.717, 1.165) is 16.6 Å². The van der Waals surface area contributed by atoms with E-state index in [4.69, 9.17) is 9.47 Å². The minimum atomic E-state index is -0.348. The molecular weight excluding hydrogens is 360 g/mol. The zero-order valence-electron chi connectivity index (χ0n) is 16.0. The number of methoxy groups -OCH3 is 2. The average Bonchev–Trinajstić information content (AvgIpc) is 3.02. The number of aryl methyl sites for hydroxylation is 1. The molecule has 2 amide bonds. The monoisotopic (exact) mass is 382 g/mol. The fraction of sp³-hybridized carbons (Fsp3) is 0.250. The lowest BCUT2D eigenvalue weighted by molar-refractivity contribution is -0.128. The summed E-state index contributed by atoms with van der Waals surface area (Å²) < 4.78 is 12.3. The molecule has 0 aliphatic carbocycles. The second-order valence-electron chi connectivity index (χ2n) is 6.22. The van der Waals surface area contributed by atoms with Gasteiger partial charge < -0.3 is 14.0 Å². The number of carbonyl (C=O) groups excluding carboxylic acids is 2. The number of amides is 2. The van der Waals surface area contributed by atoms with Crippen LogP contribution in [0.2, 0.25) is 0 Å². The number of hydrazine groups is 1. The van der Waals surface area contributed by atoms with Gasteiger partial charge in [0.15, 0.2) is 11.5 Å². The van der Waals surface area contributed by atoms with Gasteiger partial charge in [0.25, 0.3) is 0 Å². The standard InChI is InChI=1S/C20H22N4O4/c1-24-15-7-5-4-6-14(15)21-18(24)12-20(26)23-22-19(25)11-13-8-9-16(27-2)17(10-13)28-3/h4-10H,11-12H2,1-3H3,(H,22,25)(H,23,26). The Hall–Kier alpha value is -3.55. The van der Waals surface area contributed by atoms with E-state index >= 15 is 0 Å². The highest BCUT2D eigenvalue weighted by Crippen LogP contribution is 2.27. The van der Waals surface area contributed by atoms with E-state index in [2.05, 4.69) is 15.8 Å². The fourth-order valence-electron chi connectivity index (χ4n) is 2.90. The van der Waals surface area contributed by atoms with Crippen LogP contribution in [0, 0.1) is 0 Å². The second-order valence-corrected chi connectivity index (χ2v) is 6.22. The third kappa shape index (κ3) is 4.22. The number of carbonyl (C=O) groups is 2. The molecular formula is C20H22N4O4. The van der Waals surface area contributed by atoms with Crippen LogP contribution >= 0.6 is 0 Å². The first-order valence-corrected chi connectivity index (χ1v) is 8.70. The number of rotatable bonds is 6. The summed E-state index contributed by atoms with van der Waals surface area (Å²) in [6, 6.07) is 12.9. The molecule has 2 N–H and O–H groups in total. The molecule has 28 heavy (non-hydrogen) atoms. The van der Waals surface area contributed by atoms with Crippen LogP contribution in [0.4, 0.5) is 0 Å². The van der Waals surface area contributed by atoms with Gasteiger partial charge in [-0.15, -0.1) is 0 Å². The van der Waals surface area contributed by atoms with Gasteiger partial charge in [0.1, 0.15) is 5.82 Å². The van der Waals surface area contributed by atoms with Crippen LogP contribution < -0.4 is 20.3 Å². The number of nitrogens with one attached hydrogen (secondary N) is 2. The molecule has 0 aliphatic rings. The van der Waals surface area contributed by atoms with E-state index in [0.29, 0.717) is 17.3 Å². The zero-order valence-corrected chi connectivity index (χ0v) is 16.0. The normalized spacial score (nSPS) is 10.5. The molecule has 0 aliphatic heterocycles. The van der Waals surface area contributed by atoms with Crippen molar-refractivity contribution in [2.45, 2.75) is 12.8 Å². The highest BCUT2D eigenvalue weighted by Gasteiger charge is 2.13. The van der Waals surface area contributed by atoms with Crippen LogP contribution in [0.3, 0.4) is 0 Å². The van der Waals surface area contributed by atoms with Gasteiger partial charge in [-0.3, -0.25) is 20.4 Å². The Morgan fingerprint density at radius 1 is 0.964 bits per heavy atom. The van der Waals surface area contributed by atoms with Crippen molar-refractivity contribution in [3.05, 3.63) is 53.9 Å². The summed E-state index contributed by atoms with van der Waals surface area (Å²) in [6.45, 7) is 0. The molecule has 0 bridgehead atoms. The molecule has 0 spiro atoms. The number of nitrogens with zero attached hydrogens (tertiary/aromatic N) is 2. The molecule has 0 atom stereocenters. The quantitative estimate of drug-likeness (QED) is 0.631. The van der Waals surface area contributed by atoms with Crippen LogP contribution in [0.25, 0.3) is 11.0 Å². The Balaban J connectivity index is 1.55. The van der Waals surface area contributed by atoms with Crippen LogP contribution in [0.1, 0.15) is 11.4 Å². The van der Waals surface area contributed by atoms with Crippen molar-refractivity contribution in [2.24, 2.45) is 7.05 Å². The summed E-state index contributed by atoms with van der Waals surface area (Å²) in [6.07, 6.45) is 0.148. The summed E-state index contributed by atoms with van der Waals surface area (Å²) in [4.78, 5) is 28.7. The van der Waals surface area contributed by atoms with Gasteiger partial charge in [-0.25, -0.2) is 4.98 Å². The predicted octanol–water partition coefficient (Wildman–Crippen LogP) is 1.52. The first kappa shape index (κ1) is 19.2. The Kier molecular flexibility index (Phi) is 5.78. The van der Waals surface area contributed by atoms with Crippen LogP contribution in [-0.2, 0) is 29.5 Å². The van der Waals surface area contributed by atoms with E-state index in [1.165, 1.54) is 7.11 Å². The van der Waals surface area contributed by atoms with Crippen molar-refractivity contribution < 1.29 is 19.1 Å². The number of fused-ring (bicyclic) bond motifs is 1. The molecule has 146 valence electrons. The number of benzene rings is 2. The summed E-state index contributed by atoms with van der Waals surface area (Å²) in [5.41, 5.74) is 7.36. The van der Waals surface area contributed by atoms with Gasteiger partial charge in [0.2, 0.25) is 11.8 Å². The first-order valence-electron chi connectivity index (χ1n) is 8.70. The van der Waals surface area contributed by atoms with Crippen LogP contribution in [0.5, 0.6) is 11.5 Å². The maximum absolute atomic E-state index is 12.2. The van der Waals surface area contributed by atoms with Crippen LogP contribution in [0.15, 0.2) is 42.5 Å². The number of hydrogen-bond donors (Lipinski definition) is 2. The summed E-state index contributed by atoms with van der Waals surface area (Å²) in [5.74, 6) is 1.05. The van der Waals surface area contributed by atoms with Crippen molar-refractivity contribution >= 4 is 22.8 Å². The summed E-state index contributed by atoms with van der Waals surface area (Å²) in [5, 5.41) is 0. The van der Waals surface area contributed by atoms with Gasteiger partial charge in [0, 0.05) is 7.05 Å². The topological polar surface area (TPSA) is 94.5 Å². The summed E-state index contributed by atoms with van der Waals surface area (Å²) >= 11 is 0. The largest absolute Gasteiger partial charge is 0.493 e. The number of para-hydroxylation sites is 2. The lowest BCUT2D eigenvalue weighted by atomic mass is 10.1. The lowest BCUT2D eigenvalue weighted by Gasteiger charge is -2.10. The first-order chi connectivity index (χ1) is 13.5. The van der Waals surface area contributed by atoms with E-state index in [9.17, 15) is 9.59 Å². The highest BCUT2D eigenvalue weighted by atomic mass is 16.5. The molecule has 0 fully saturated rings. The van der Waals surface area contributed by atoms with Crippen molar-refractivity contribution in [1.29, 1.82) is 0 Å². The fourth-order valence-corrected chi connectivity index (χ4v) is 2.90. The van der Waals surface area contributed by atoms with E-state index in [1.807, 2.05) is 35.9 Å². The van der Waals surface area contributed by atoms with Crippen LogP contribution in [-0.4, -0.2) is 35.6 Å². The molecule has 3 rings (SSSR count). The molecule has 1 heterocycles. The molecule has 0 radical (unpaired) electrons. The maximum atomic E-state index is 12.2. The summed E-state index contributed by atoms with van der Waals surface area (Å²) in [7, 11) is 4.93. The Morgan fingerprint density at radius 3 is 2.32 bits per heavy atom. The van der Waals surface area contributed by atoms with Gasteiger partial charge in [0.05, 0.1) is 38.1 Å². The van der Waals surface area contributed by atoms with E-state index in [-0.39, 0.29) is 24.7 Å². The molecule has 1 aromatic heterocycles. The molecule has 0 unspecified atom stereocenters. The Bertz CT molecular complexity index is 1010. The van der Waals surface area contributed by atoms with E-state index in [1.54, 1.807) is 25.3 Å². The van der Waals surface area contributed by atoms with Crippen molar-refractivity contribution in [3.8, 4) is 11.5 Å². The number of hydrogen-bond acceptors (Lipinski definition) is 5. The van der Waals surface area contributed by atoms with Crippen molar-refractivity contribution in [2.75, 3.05) is 14.2 Å². The third-order valence-corrected chi connectivity index (χ3v) is 4.35. The number of aromatic nitrogens is 2. The Labute approximate surface area is 162 Å².